The molecule has 7 heteroatoms. The fourth-order valence-corrected chi connectivity index (χ4v) is 1.05. The fourth-order valence-electron chi connectivity index (χ4n) is 0.534. The van der Waals surface area contributed by atoms with Crippen LogP contribution in [0.25, 0.3) is 17.2 Å². The molecule has 0 heterocycles. The molecule has 1 aromatic carbocycles. The average molecular weight is 439 g/mol. The summed E-state index contributed by atoms with van der Waals surface area (Å²) in [6.45, 7) is 13.9. The third kappa shape index (κ3) is 33.7. The zero-order valence-electron chi connectivity index (χ0n) is 16.0. The van der Waals surface area contributed by atoms with Crippen molar-refractivity contribution in [2.24, 2.45) is 17.8 Å². The molecule has 0 saturated carbocycles. The van der Waals surface area contributed by atoms with Crippen LogP contribution in [0.3, 0.4) is 0 Å². The van der Waals surface area contributed by atoms with Crippen LogP contribution in [-0.4, -0.2) is 29.1 Å². The van der Waals surface area contributed by atoms with Gasteiger partial charge in [0.15, 0.2) is 0 Å². The van der Waals surface area contributed by atoms with Gasteiger partial charge < -0.3 is 17.2 Å². The Balaban J connectivity index is -0.000000113. The van der Waals surface area contributed by atoms with Crippen LogP contribution < -0.4 is 5.19 Å². The van der Waals surface area contributed by atoms with Gasteiger partial charge in [0.05, 0.1) is 0 Å². The summed E-state index contributed by atoms with van der Waals surface area (Å²) >= 11 is 0. The van der Waals surface area contributed by atoms with Crippen molar-refractivity contribution in [1.82, 2.24) is 0 Å². The van der Waals surface area contributed by atoms with Crippen molar-refractivity contribution in [3.63, 3.8) is 0 Å². The maximum atomic E-state index is 11.7. The molecule has 0 saturated heterocycles. The Morgan fingerprint density at radius 2 is 0.958 bits per heavy atom. The number of hydrogen-bond donors (Lipinski definition) is 0. The average Bonchev–Trinajstić information content (AvgIpc) is 3.03. The molecule has 140 valence electrons. The second-order valence-corrected chi connectivity index (χ2v) is 7.58. The van der Waals surface area contributed by atoms with Crippen molar-refractivity contribution in [3.05, 3.63) is 41.5 Å². The summed E-state index contributed by atoms with van der Waals surface area (Å²) in [5, 5.41) is 0.241. The molecule has 0 fully saturated rings. The summed E-state index contributed by atoms with van der Waals surface area (Å²) in [4.78, 5) is 0. The van der Waals surface area contributed by atoms with Gasteiger partial charge in [0.2, 0.25) is 0 Å². The Hall–Kier alpha value is 0.190. The Morgan fingerprint density at radius 1 is 0.750 bits per heavy atom. The topological polar surface area (TPSA) is 71.4 Å². The van der Waals surface area contributed by atoms with E-state index in [9.17, 15) is 8.22 Å². The molecule has 0 unspecified atom stereocenters. The third-order valence-corrected chi connectivity index (χ3v) is 3.05. The van der Waals surface area contributed by atoms with E-state index in [1.54, 1.807) is 12.1 Å². The predicted molar refractivity (Wildman–Crippen MR) is 103 cm³/mol. The molecule has 0 bridgehead atoms. The Kier molecular flexibility index (Phi) is 30.8. The van der Waals surface area contributed by atoms with Gasteiger partial charge in [0, 0.05) is 0 Å². The smallest absolute Gasteiger partial charge is 0.677 e. The summed E-state index contributed by atoms with van der Waals surface area (Å²) in [5.74, 6) is 1.65. The van der Waals surface area contributed by atoms with Gasteiger partial charge in [-0.3, -0.25) is 8.22 Å². The van der Waals surface area contributed by atoms with Crippen molar-refractivity contribution >= 4 is 14.7 Å². The fraction of sp³-hybridized carbons (Fsp3) is 0.706. The Morgan fingerprint density at radius 3 is 1.04 bits per heavy atom. The summed E-state index contributed by atoms with van der Waals surface area (Å²) in [5.41, 5.74) is 20.0. The van der Waals surface area contributed by atoms with Crippen LogP contribution >= 0.6 is 0 Å². The van der Waals surface area contributed by atoms with Crippen molar-refractivity contribution in [2.75, 3.05) is 19.6 Å². The first-order valence-corrected chi connectivity index (χ1v) is 9.50. The number of rotatable bonds is 4. The zero-order valence-corrected chi connectivity index (χ0v) is 19.6. The molecular formula is C17H35F2N3SiZr. The van der Waals surface area contributed by atoms with Crippen LogP contribution in [0.5, 0.6) is 0 Å². The van der Waals surface area contributed by atoms with Crippen LogP contribution in [0.2, 0.25) is 0 Å². The van der Waals surface area contributed by atoms with Gasteiger partial charge in [-0.05, 0) is 0 Å². The third-order valence-electron chi connectivity index (χ3n) is 2.17. The van der Waals surface area contributed by atoms with Crippen molar-refractivity contribution in [3.8, 4) is 0 Å². The zero-order chi connectivity index (χ0) is 18.8. The minimum absolute atomic E-state index is 0. The Labute approximate surface area is 169 Å². The largest absolute Gasteiger partial charge is 4.00 e. The SMILES string of the molecule is CC(C)C[NH-].CC(C)C[NH-].CC(C)C[NH-].F[SiH](F)[c-]1cccc1.[Zr+4]. The molecule has 0 amide bonds. The maximum absolute atomic E-state index is 11.7. The predicted octanol–water partition coefficient (Wildman–Crippen LogP) is 5.85. The molecule has 0 aliphatic heterocycles. The molecule has 0 aliphatic carbocycles. The summed E-state index contributed by atoms with van der Waals surface area (Å²) in [6, 6.07) is 6.21. The molecule has 0 spiro atoms. The molecule has 0 aliphatic rings. The van der Waals surface area contributed by atoms with Crippen molar-refractivity contribution in [1.29, 1.82) is 0 Å². The minimum atomic E-state index is -3.48. The molecule has 0 atom stereocenters. The van der Waals surface area contributed by atoms with Gasteiger partial charge in [-0.1, -0.05) is 59.3 Å². The number of hydrogen-bond acceptors (Lipinski definition) is 0. The first kappa shape index (κ1) is 31.9. The first-order chi connectivity index (χ1) is 10.6. The number of nitrogens with one attached hydrogen (secondary N) is 3. The van der Waals surface area contributed by atoms with E-state index < -0.39 is 9.46 Å². The molecular weight excluding hydrogens is 404 g/mol. The van der Waals surface area contributed by atoms with E-state index in [1.165, 1.54) is 12.1 Å². The molecule has 24 heavy (non-hydrogen) atoms. The van der Waals surface area contributed by atoms with E-state index in [0.29, 0.717) is 37.4 Å². The number of halogens is 2. The second kappa shape index (κ2) is 23.2. The quantitative estimate of drug-likeness (QED) is 0.321. The molecule has 3 nitrogen and oxygen atoms in total. The summed E-state index contributed by atoms with van der Waals surface area (Å²) < 4.78 is 23.5. The molecule has 0 aromatic heterocycles. The molecule has 0 radical (unpaired) electrons. The molecule has 1 rings (SSSR count). The van der Waals surface area contributed by atoms with E-state index in [-0.39, 0.29) is 31.4 Å². The first-order valence-electron chi connectivity index (χ1n) is 8.05. The van der Waals surface area contributed by atoms with Gasteiger partial charge >= 0.3 is 35.7 Å². The van der Waals surface area contributed by atoms with Gasteiger partial charge in [-0.2, -0.15) is 12.1 Å². The Bertz CT molecular complexity index is 290. The van der Waals surface area contributed by atoms with Crippen molar-refractivity contribution < 1.29 is 34.4 Å². The van der Waals surface area contributed by atoms with E-state index in [4.69, 9.17) is 17.2 Å². The van der Waals surface area contributed by atoms with E-state index in [1.807, 2.05) is 41.5 Å². The molecule has 3 N–H and O–H groups in total. The van der Waals surface area contributed by atoms with Crippen molar-refractivity contribution in [2.45, 2.75) is 41.5 Å². The summed E-state index contributed by atoms with van der Waals surface area (Å²) in [6.07, 6.45) is 0. The van der Waals surface area contributed by atoms with E-state index in [0.717, 1.165) is 0 Å². The van der Waals surface area contributed by atoms with E-state index >= 15 is 0 Å². The monoisotopic (exact) mass is 437 g/mol. The minimum Gasteiger partial charge on any atom is -0.677 e. The standard InChI is InChI=1S/C5H5F2Si.3C4H10N.Zr/c6-8(7)5-3-1-2-4-5;3*1-4(2)3-5;/h1-4,8H;3*4-5H,3H2,1-2H3;/q4*-1;+4. The van der Waals surface area contributed by atoms with Gasteiger partial charge in [-0.25, -0.2) is 12.1 Å². The second-order valence-electron chi connectivity index (χ2n) is 6.31. The van der Waals surface area contributed by atoms with Gasteiger partial charge in [-0.15, -0.1) is 24.8 Å². The van der Waals surface area contributed by atoms with Gasteiger partial charge in [0.25, 0.3) is 0 Å². The molecule has 1 aromatic rings. The van der Waals surface area contributed by atoms with Crippen LogP contribution in [0, 0.1) is 17.8 Å². The van der Waals surface area contributed by atoms with Crippen LogP contribution in [0.4, 0.5) is 8.22 Å². The van der Waals surface area contributed by atoms with Crippen LogP contribution in [0.1, 0.15) is 41.5 Å². The van der Waals surface area contributed by atoms with Crippen LogP contribution in [0.15, 0.2) is 24.3 Å². The van der Waals surface area contributed by atoms with E-state index in [2.05, 4.69) is 0 Å². The normalized spacial score (nSPS) is 9.46. The summed E-state index contributed by atoms with van der Waals surface area (Å²) in [7, 11) is -3.48. The van der Waals surface area contributed by atoms with Gasteiger partial charge in [0.1, 0.15) is 0 Å². The van der Waals surface area contributed by atoms with Crippen LogP contribution in [-0.2, 0) is 26.2 Å². The maximum Gasteiger partial charge on any atom is 4.00 e.